The summed E-state index contributed by atoms with van der Waals surface area (Å²) in [5.74, 6) is -1.36. The smallest absolute Gasteiger partial charge is 0.356 e. The molecule has 1 saturated heterocycles. The Morgan fingerprint density at radius 3 is 2.96 bits per heavy atom. The van der Waals surface area contributed by atoms with Gasteiger partial charge in [0.15, 0.2) is 0 Å². The van der Waals surface area contributed by atoms with E-state index in [1.165, 1.54) is 18.2 Å². The fourth-order valence-corrected chi connectivity index (χ4v) is 3.76. The number of benzene rings is 1. The van der Waals surface area contributed by atoms with Crippen LogP contribution in [0.5, 0.6) is 0 Å². The maximum absolute atomic E-state index is 13.7. The zero-order valence-electron chi connectivity index (χ0n) is 16.0. The molecule has 1 amide bonds. The number of aliphatic hydroxyl groups is 1. The number of carbonyl (C=O) groups excluding carboxylic acids is 2. The second-order valence-electron chi connectivity index (χ2n) is 6.97. The standard InChI is InChI=1S/C20H26FN3O4/c1-2-28-20(27)19-18(15-11-13(21)6-7-16(15)22-19)23-17(26)12-24-9-4-3-5-14(24)8-10-25/h6-7,11,14,22,25H,2-5,8-10,12H2,1H3,(H,23,26)/t14-/m0/s1. The van der Waals surface area contributed by atoms with E-state index in [0.717, 1.165) is 25.8 Å². The van der Waals surface area contributed by atoms with Crippen molar-refractivity contribution in [1.29, 1.82) is 0 Å². The summed E-state index contributed by atoms with van der Waals surface area (Å²) in [6, 6.07) is 4.24. The van der Waals surface area contributed by atoms with Gasteiger partial charge in [0, 0.05) is 23.6 Å². The number of aliphatic hydroxyl groups excluding tert-OH is 1. The normalized spacial score (nSPS) is 17.6. The third kappa shape index (κ3) is 4.51. The van der Waals surface area contributed by atoms with E-state index in [4.69, 9.17) is 4.74 Å². The number of esters is 1. The Hall–Kier alpha value is -2.45. The molecule has 8 heteroatoms. The minimum absolute atomic E-state index is 0.0809. The molecule has 0 unspecified atom stereocenters. The van der Waals surface area contributed by atoms with E-state index >= 15 is 0 Å². The molecule has 2 aromatic rings. The molecule has 1 atom stereocenters. The van der Waals surface area contributed by atoms with Gasteiger partial charge in [-0.05, 0) is 50.9 Å². The highest BCUT2D eigenvalue weighted by Gasteiger charge is 2.26. The molecule has 1 aliphatic rings. The zero-order chi connectivity index (χ0) is 20.1. The molecule has 1 aromatic carbocycles. The van der Waals surface area contributed by atoms with Gasteiger partial charge in [-0.25, -0.2) is 9.18 Å². The number of rotatable bonds is 7. The van der Waals surface area contributed by atoms with Gasteiger partial charge in [-0.2, -0.15) is 0 Å². The first-order valence-electron chi connectivity index (χ1n) is 9.66. The summed E-state index contributed by atoms with van der Waals surface area (Å²) in [6.45, 7) is 2.89. The molecule has 1 aliphatic heterocycles. The van der Waals surface area contributed by atoms with E-state index in [2.05, 4.69) is 15.2 Å². The van der Waals surface area contributed by atoms with Crippen LogP contribution in [0.4, 0.5) is 10.1 Å². The SMILES string of the molecule is CCOC(=O)c1[nH]c2ccc(F)cc2c1NC(=O)CN1CCCC[C@H]1CCO. The predicted molar refractivity (Wildman–Crippen MR) is 104 cm³/mol. The number of anilines is 1. The van der Waals surface area contributed by atoms with E-state index in [1.807, 2.05) is 0 Å². The summed E-state index contributed by atoms with van der Waals surface area (Å²) >= 11 is 0. The van der Waals surface area contributed by atoms with Crippen molar-refractivity contribution < 1.29 is 23.8 Å². The topological polar surface area (TPSA) is 94.7 Å². The van der Waals surface area contributed by atoms with Crippen molar-refractivity contribution in [2.75, 3.05) is 31.6 Å². The molecule has 1 fully saturated rings. The number of halogens is 1. The zero-order valence-corrected chi connectivity index (χ0v) is 16.0. The number of fused-ring (bicyclic) bond motifs is 1. The fourth-order valence-electron chi connectivity index (χ4n) is 3.76. The molecule has 0 bridgehead atoms. The molecular formula is C20H26FN3O4. The molecule has 2 heterocycles. The average molecular weight is 391 g/mol. The first kappa shape index (κ1) is 20.3. The molecule has 3 N–H and O–H groups in total. The van der Waals surface area contributed by atoms with Crippen LogP contribution in [0, 0.1) is 5.82 Å². The highest BCUT2D eigenvalue weighted by atomic mass is 19.1. The van der Waals surface area contributed by atoms with E-state index in [0.29, 0.717) is 17.3 Å². The van der Waals surface area contributed by atoms with Crippen molar-refractivity contribution in [2.24, 2.45) is 0 Å². The van der Waals surface area contributed by atoms with Gasteiger partial charge in [0.25, 0.3) is 0 Å². The van der Waals surface area contributed by atoms with E-state index < -0.39 is 11.8 Å². The summed E-state index contributed by atoms with van der Waals surface area (Å²) in [6.07, 6.45) is 3.65. The second-order valence-corrected chi connectivity index (χ2v) is 6.97. The van der Waals surface area contributed by atoms with Crippen molar-refractivity contribution in [1.82, 2.24) is 9.88 Å². The molecule has 152 valence electrons. The second kappa shape index (κ2) is 9.16. The quantitative estimate of drug-likeness (QED) is 0.631. The van der Waals surface area contributed by atoms with Crippen molar-refractivity contribution in [3.63, 3.8) is 0 Å². The number of likely N-dealkylation sites (tertiary alicyclic amines) is 1. The molecular weight excluding hydrogens is 365 g/mol. The monoisotopic (exact) mass is 391 g/mol. The number of nitrogens with zero attached hydrogens (tertiary/aromatic N) is 1. The molecule has 7 nitrogen and oxygen atoms in total. The van der Waals surface area contributed by atoms with Gasteiger partial charge in [0.2, 0.25) is 5.91 Å². The number of ether oxygens (including phenoxy) is 1. The van der Waals surface area contributed by atoms with E-state index in [-0.39, 0.29) is 43.1 Å². The maximum Gasteiger partial charge on any atom is 0.356 e. The van der Waals surface area contributed by atoms with Crippen LogP contribution in [0.15, 0.2) is 18.2 Å². The van der Waals surface area contributed by atoms with Crippen LogP contribution in [0.25, 0.3) is 10.9 Å². The lowest BCUT2D eigenvalue weighted by molar-refractivity contribution is -0.118. The lowest BCUT2D eigenvalue weighted by Crippen LogP contribution is -2.44. The fraction of sp³-hybridized carbons (Fsp3) is 0.500. The van der Waals surface area contributed by atoms with Crippen LogP contribution < -0.4 is 5.32 Å². The highest BCUT2D eigenvalue weighted by Crippen LogP contribution is 2.29. The van der Waals surface area contributed by atoms with Gasteiger partial charge in [-0.1, -0.05) is 6.42 Å². The van der Waals surface area contributed by atoms with Gasteiger partial charge in [-0.3, -0.25) is 9.69 Å². The summed E-state index contributed by atoms with van der Waals surface area (Å²) in [5, 5.41) is 12.4. The maximum atomic E-state index is 13.7. The molecule has 0 saturated carbocycles. The minimum Gasteiger partial charge on any atom is -0.461 e. The van der Waals surface area contributed by atoms with Crippen LogP contribution in [-0.4, -0.2) is 59.2 Å². The average Bonchev–Trinajstić information content (AvgIpc) is 3.01. The van der Waals surface area contributed by atoms with E-state index in [1.54, 1.807) is 6.92 Å². The van der Waals surface area contributed by atoms with Crippen LogP contribution in [0.2, 0.25) is 0 Å². The Kier molecular flexibility index (Phi) is 6.64. The minimum atomic E-state index is -0.606. The predicted octanol–water partition coefficient (Wildman–Crippen LogP) is 2.66. The Labute approximate surface area is 162 Å². The molecule has 0 aliphatic carbocycles. The first-order chi connectivity index (χ1) is 13.5. The van der Waals surface area contributed by atoms with Crippen molar-refractivity contribution in [2.45, 2.75) is 38.6 Å². The number of hydrogen-bond donors (Lipinski definition) is 3. The number of nitrogens with one attached hydrogen (secondary N) is 2. The van der Waals surface area contributed by atoms with E-state index in [9.17, 15) is 19.1 Å². The Morgan fingerprint density at radius 2 is 2.21 bits per heavy atom. The van der Waals surface area contributed by atoms with Crippen LogP contribution >= 0.6 is 0 Å². The Morgan fingerprint density at radius 1 is 1.39 bits per heavy atom. The van der Waals surface area contributed by atoms with Crippen molar-refractivity contribution in [3.05, 3.63) is 29.7 Å². The van der Waals surface area contributed by atoms with Gasteiger partial charge in [0.05, 0.1) is 18.8 Å². The molecule has 28 heavy (non-hydrogen) atoms. The number of aromatic amines is 1. The van der Waals surface area contributed by atoms with Crippen LogP contribution in [0.1, 0.15) is 43.1 Å². The number of hydrogen-bond acceptors (Lipinski definition) is 5. The third-order valence-corrected chi connectivity index (χ3v) is 5.06. The van der Waals surface area contributed by atoms with Gasteiger partial charge < -0.3 is 20.1 Å². The number of piperidine rings is 1. The van der Waals surface area contributed by atoms with Gasteiger partial charge in [-0.15, -0.1) is 0 Å². The number of H-pyrrole nitrogens is 1. The van der Waals surface area contributed by atoms with Crippen molar-refractivity contribution in [3.8, 4) is 0 Å². The summed E-state index contributed by atoms with van der Waals surface area (Å²) < 4.78 is 18.8. The molecule has 3 rings (SSSR count). The Balaban J connectivity index is 1.83. The Bertz CT molecular complexity index is 849. The highest BCUT2D eigenvalue weighted by molar-refractivity contribution is 6.11. The van der Waals surface area contributed by atoms with Gasteiger partial charge >= 0.3 is 5.97 Å². The first-order valence-corrected chi connectivity index (χ1v) is 9.66. The molecule has 0 spiro atoms. The third-order valence-electron chi connectivity index (χ3n) is 5.06. The number of aromatic nitrogens is 1. The summed E-state index contributed by atoms with van der Waals surface area (Å²) in [7, 11) is 0. The molecule has 0 radical (unpaired) electrons. The van der Waals surface area contributed by atoms with Crippen LogP contribution in [0.3, 0.4) is 0 Å². The van der Waals surface area contributed by atoms with Crippen molar-refractivity contribution >= 4 is 28.5 Å². The van der Waals surface area contributed by atoms with Gasteiger partial charge in [0.1, 0.15) is 11.5 Å². The summed E-state index contributed by atoms with van der Waals surface area (Å²) in [4.78, 5) is 30.0. The summed E-state index contributed by atoms with van der Waals surface area (Å²) in [5.41, 5.74) is 0.867. The number of carbonyl (C=O) groups is 2. The molecule has 1 aromatic heterocycles. The van der Waals surface area contributed by atoms with Crippen LogP contribution in [-0.2, 0) is 9.53 Å². The largest absolute Gasteiger partial charge is 0.461 e. The number of amides is 1. The lowest BCUT2D eigenvalue weighted by Gasteiger charge is -2.34. The lowest BCUT2D eigenvalue weighted by atomic mass is 9.99.